The summed E-state index contributed by atoms with van der Waals surface area (Å²) < 4.78 is 49.9. The number of hydrogen-bond donors (Lipinski definition) is 2. The maximum Gasteiger partial charge on any atom is 0.410 e. The van der Waals surface area contributed by atoms with Gasteiger partial charge in [-0.2, -0.15) is 0 Å². The number of rotatable bonds is 13. The SMILES string of the molecule is CCN[C@H]1C[C@@H](C)O[C@@H](O[C@@H]2[C@H](C)C(=O)[C@](C)(F)C(=O)O[C@H](CC)[C@@]3(C)OC(=O)N(CCCCn4cnc(-c5ccccc5)c4-c4ccccc4)C3[C@@H](C)C(=O)[C@H](C)C[C@@]2(C)OC)[C@H]1O. The van der Waals surface area contributed by atoms with Crippen LogP contribution in [0.15, 0.2) is 67.0 Å². The summed E-state index contributed by atoms with van der Waals surface area (Å²) in [7, 11) is 1.41. The molecule has 3 aromatic rings. The van der Waals surface area contributed by atoms with Crippen LogP contribution in [0.4, 0.5) is 9.18 Å². The molecular formula is C50H69FN4O10. The minimum absolute atomic E-state index is 0.00746. The molecule has 3 aliphatic rings. The second-order valence-corrected chi connectivity index (χ2v) is 18.8. The van der Waals surface area contributed by atoms with Crippen molar-refractivity contribution in [3.05, 3.63) is 67.0 Å². The molecule has 0 radical (unpaired) electrons. The normalized spacial score (nSPS) is 35.0. The number of carbonyl (C=O) groups excluding carboxylic acids is 4. The Hall–Kier alpha value is -4.54. The number of alkyl halides is 1. The summed E-state index contributed by atoms with van der Waals surface area (Å²) in [5.74, 6) is -5.83. The summed E-state index contributed by atoms with van der Waals surface area (Å²) in [4.78, 5) is 63.7. The standard InChI is InChI=1S/C50H69FN4O10/c1-11-37-50(9)42(55(47(60)65-50)26-20-19-25-54-29-53-38(34-21-15-13-16-22-34)39(54)35-23-17-14-18-24-35)32(5)40(56)30(3)28-48(7,61-10)44(33(6)43(58)49(8,51)46(59)63-37)64-45-41(57)36(52-12-2)27-31(4)62-45/h13-18,21-24,29-33,36-37,41-42,44-45,52,57H,11-12,19-20,25-28H2,1-10H3/t30-,31-,32+,33-,36+,37-,41+,42?,44-,45+,48-,49+,50-/m1/s1. The zero-order valence-corrected chi connectivity index (χ0v) is 39.6. The fraction of sp³-hybridized carbons (Fsp3) is 0.620. The quantitative estimate of drug-likeness (QED) is 0.0997. The molecule has 356 valence electrons. The van der Waals surface area contributed by atoms with Crippen LogP contribution in [0, 0.1) is 17.8 Å². The number of esters is 1. The molecule has 0 spiro atoms. The number of imidazole rings is 1. The number of likely N-dealkylation sites (N-methyl/N-ethyl adjacent to an activating group) is 1. The third-order valence-electron chi connectivity index (χ3n) is 14.0. The summed E-state index contributed by atoms with van der Waals surface area (Å²) in [6.07, 6.45) is -2.49. The first-order valence-corrected chi connectivity index (χ1v) is 23.2. The average Bonchev–Trinajstić information content (AvgIpc) is 3.83. The lowest BCUT2D eigenvalue weighted by molar-refractivity contribution is -0.290. The average molecular weight is 905 g/mol. The highest BCUT2D eigenvalue weighted by molar-refractivity contribution is 6.08. The number of ketones is 2. The van der Waals surface area contributed by atoms with Gasteiger partial charge in [0.25, 0.3) is 5.67 Å². The van der Waals surface area contributed by atoms with Crippen LogP contribution in [0.25, 0.3) is 22.5 Å². The maximum atomic E-state index is 17.0. The molecule has 1 aromatic heterocycles. The number of aliphatic hydroxyl groups is 1. The third kappa shape index (κ3) is 10.1. The molecule has 3 fully saturated rings. The van der Waals surface area contributed by atoms with E-state index in [9.17, 15) is 24.3 Å². The number of aromatic nitrogens is 2. The van der Waals surface area contributed by atoms with Gasteiger partial charge in [0.15, 0.2) is 17.7 Å². The number of halogens is 1. The lowest BCUT2D eigenvalue weighted by Gasteiger charge is -2.46. The number of fused-ring (bicyclic) bond motifs is 1. The van der Waals surface area contributed by atoms with Crippen molar-refractivity contribution >= 4 is 23.6 Å². The van der Waals surface area contributed by atoms with E-state index in [1.807, 2.05) is 80.8 Å². The van der Waals surface area contributed by atoms with Gasteiger partial charge in [0.05, 0.1) is 41.6 Å². The molecule has 6 rings (SSSR count). The summed E-state index contributed by atoms with van der Waals surface area (Å²) >= 11 is 0. The van der Waals surface area contributed by atoms with Gasteiger partial charge in [-0.05, 0) is 66.3 Å². The first-order valence-electron chi connectivity index (χ1n) is 23.2. The van der Waals surface area contributed by atoms with E-state index >= 15 is 4.39 Å². The predicted molar refractivity (Wildman–Crippen MR) is 242 cm³/mol. The molecular weight excluding hydrogens is 836 g/mol. The monoisotopic (exact) mass is 904 g/mol. The largest absolute Gasteiger partial charge is 0.455 e. The fourth-order valence-electron chi connectivity index (χ4n) is 10.5. The summed E-state index contributed by atoms with van der Waals surface area (Å²) in [5, 5.41) is 14.7. The molecule has 1 amide bonds. The van der Waals surface area contributed by atoms with E-state index in [-0.39, 0.29) is 31.3 Å². The highest BCUT2D eigenvalue weighted by Crippen LogP contribution is 2.44. The number of benzene rings is 2. The molecule has 2 aromatic carbocycles. The molecule has 0 aliphatic carbocycles. The zero-order chi connectivity index (χ0) is 47.4. The Balaban J connectivity index is 1.31. The molecule has 4 heterocycles. The van der Waals surface area contributed by atoms with Crippen molar-refractivity contribution in [1.29, 1.82) is 0 Å². The van der Waals surface area contributed by atoms with Crippen molar-refractivity contribution in [2.45, 2.75) is 161 Å². The van der Waals surface area contributed by atoms with Crippen molar-refractivity contribution in [1.82, 2.24) is 19.8 Å². The number of unbranched alkanes of at least 4 members (excludes halogenated alkanes) is 1. The Morgan fingerprint density at radius 3 is 2.15 bits per heavy atom. The molecule has 15 heteroatoms. The minimum atomic E-state index is -3.19. The van der Waals surface area contributed by atoms with Gasteiger partial charge in [-0.1, -0.05) is 95.3 Å². The number of aryl methyl sites for hydroxylation is 1. The zero-order valence-electron chi connectivity index (χ0n) is 39.6. The van der Waals surface area contributed by atoms with Gasteiger partial charge in [0.2, 0.25) is 0 Å². The number of ether oxygens (including phenoxy) is 5. The maximum absolute atomic E-state index is 17.0. The van der Waals surface area contributed by atoms with Crippen LogP contribution in [0.1, 0.15) is 94.4 Å². The second-order valence-electron chi connectivity index (χ2n) is 18.8. The van der Waals surface area contributed by atoms with Crippen molar-refractivity contribution in [3.63, 3.8) is 0 Å². The second kappa shape index (κ2) is 20.5. The number of nitrogens with one attached hydrogen (secondary N) is 1. The van der Waals surface area contributed by atoms with E-state index in [0.717, 1.165) is 29.4 Å². The molecule has 13 atom stereocenters. The van der Waals surface area contributed by atoms with E-state index < -0.39 is 89.2 Å². The van der Waals surface area contributed by atoms with Crippen LogP contribution < -0.4 is 5.32 Å². The fourth-order valence-corrected chi connectivity index (χ4v) is 10.5. The van der Waals surface area contributed by atoms with Crippen LogP contribution >= 0.6 is 0 Å². The summed E-state index contributed by atoms with van der Waals surface area (Å²) in [5.41, 5.74) is -2.43. The Kier molecular flexibility index (Phi) is 15.8. The Labute approximate surface area is 382 Å². The van der Waals surface area contributed by atoms with Gasteiger partial charge in [0.1, 0.15) is 18.0 Å². The third-order valence-corrected chi connectivity index (χ3v) is 14.0. The number of carbonyl (C=O) groups is 4. The predicted octanol–water partition coefficient (Wildman–Crippen LogP) is 7.34. The van der Waals surface area contributed by atoms with Crippen molar-refractivity contribution in [3.8, 4) is 22.5 Å². The first kappa shape index (κ1) is 49.9. The lowest BCUT2D eigenvalue weighted by Crippen LogP contribution is -2.62. The Morgan fingerprint density at radius 2 is 1.54 bits per heavy atom. The van der Waals surface area contributed by atoms with Gasteiger partial charge in [0, 0.05) is 55.1 Å². The number of methoxy groups -OCH3 is 1. The molecule has 1 unspecified atom stereocenters. The van der Waals surface area contributed by atoms with Gasteiger partial charge >= 0.3 is 12.1 Å². The van der Waals surface area contributed by atoms with E-state index in [0.29, 0.717) is 32.4 Å². The van der Waals surface area contributed by atoms with Gasteiger partial charge in [-0.15, -0.1) is 0 Å². The van der Waals surface area contributed by atoms with Crippen LogP contribution in [0.3, 0.4) is 0 Å². The number of amides is 1. The van der Waals surface area contributed by atoms with E-state index in [2.05, 4.69) is 9.88 Å². The highest BCUT2D eigenvalue weighted by Gasteiger charge is 2.61. The highest BCUT2D eigenvalue weighted by atomic mass is 19.1. The molecule has 65 heavy (non-hydrogen) atoms. The number of nitrogens with zero attached hydrogens (tertiary/aromatic N) is 3. The van der Waals surface area contributed by atoms with Crippen LogP contribution in [0.2, 0.25) is 0 Å². The molecule has 3 aliphatic heterocycles. The number of cyclic esters (lactones) is 1. The van der Waals surface area contributed by atoms with E-state index in [1.165, 1.54) is 18.9 Å². The van der Waals surface area contributed by atoms with Crippen molar-refractivity contribution < 1.29 is 52.4 Å². The summed E-state index contributed by atoms with van der Waals surface area (Å²) in [6.45, 7) is 15.8. The van der Waals surface area contributed by atoms with Crippen LogP contribution in [0.5, 0.6) is 0 Å². The van der Waals surface area contributed by atoms with Gasteiger partial charge in [-0.3, -0.25) is 9.59 Å². The first-order chi connectivity index (χ1) is 30.8. The number of hydrogen-bond acceptors (Lipinski definition) is 12. The van der Waals surface area contributed by atoms with Gasteiger partial charge in [-0.25, -0.2) is 19.0 Å². The van der Waals surface area contributed by atoms with Crippen molar-refractivity contribution in [2.24, 2.45) is 17.8 Å². The minimum Gasteiger partial charge on any atom is -0.455 e. The number of Topliss-reactive ketones (excluding diaryl/α,β-unsaturated/α-hetero) is 2. The van der Waals surface area contributed by atoms with Crippen LogP contribution in [-0.2, 0) is 44.6 Å². The van der Waals surface area contributed by atoms with Gasteiger partial charge < -0.3 is 43.6 Å². The van der Waals surface area contributed by atoms with E-state index in [4.69, 9.17) is 28.7 Å². The molecule has 0 saturated carbocycles. The molecule has 0 bridgehead atoms. The molecule has 14 nitrogen and oxygen atoms in total. The Morgan fingerprint density at radius 1 is 0.908 bits per heavy atom. The van der Waals surface area contributed by atoms with Crippen LogP contribution in [-0.4, -0.2) is 123 Å². The van der Waals surface area contributed by atoms with Crippen molar-refractivity contribution in [2.75, 3.05) is 20.2 Å². The molecule has 2 N–H and O–H groups in total. The topological polar surface area (TPSA) is 168 Å². The van der Waals surface area contributed by atoms with E-state index in [1.54, 1.807) is 34.6 Å². The number of aliphatic hydroxyl groups excluding tert-OH is 1. The smallest absolute Gasteiger partial charge is 0.410 e. The molecule has 3 saturated heterocycles. The lowest BCUT2D eigenvalue weighted by atomic mass is 9.73. The Bertz CT molecular complexity index is 2120. The summed E-state index contributed by atoms with van der Waals surface area (Å²) in [6, 6.07) is 18.7.